The number of fused-ring (bicyclic) bond motifs is 2. The zero-order valence-electron chi connectivity index (χ0n) is 62.8. The van der Waals surface area contributed by atoms with E-state index in [1.807, 2.05) is 73.3 Å². The van der Waals surface area contributed by atoms with E-state index in [4.69, 9.17) is 19.7 Å². The first-order valence-electron chi connectivity index (χ1n) is 37.1. The molecule has 31 heteroatoms. The second kappa shape index (κ2) is 44.9. The van der Waals surface area contributed by atoms with Crippen LogP contribution in [0.25, 0.3) is 10.9 Å². The minimum atomic E-state index is -1.50. The molecule has 8 amide bonds. The minimum Gasteiger partial charge on any atom is -0.489 e. The molecular formula is C79H104LuN14O16. The van der Waals surface area contributed by atoms with Gasteiger partial charge in [0, 0.05) is 118 Å². The number of aliphatic carboxylic acids is 3. The maximum Gasteiger partial charge on any atom is 0.407 e. The number of ether oxygens (including phenoxy) is 2. The van der Waals surface area contributed by atoms with Gasteiger partial charge in [0.25, 0.3) is 0 Å². The molecule has 4 heterocycles. The number of nitrogens with one attached hydrogen (secondary N) is 9. The summed E-state index contributed by atoms with van der Waals surface area (Å²) >= 11 is 0. The molecule has 0 unspecified atom stereocenters. The summed E-state index contributed by atoms with van der Waals surface area (Å²) in [6.07, 6.45) is 0.738. The second-order valence-corrected chi connectivity index (χ2v) is 27.8. The molecule has 0 saturated carbocycles. The van der Waals surface area contributed by atoms with Crippen LogP contribution in [0.5, 0.6) is 5.75 Å². The summed E-state index contributed by atoms with van der Waals surface area (Å²) in [6.45, 7) is 8.73. The molecule has 8 atom stereocenters. The number of rotatable bonds is 32. The normalized spacial score (nSPS) is 19.8. The minimum absolute atomic E-state index is 0. The second-order valence-electron chi connectivity index (χ2n) is 27.8. The van der Waals surface area contributed by atoms with Crippen LogP contribution in [-0.2, 0) is 72.1 Å². The fraction of sp³-hybridized carbons (Fsp3) is 0.456. The maximum atomic E-state index is 15.8. The number of alkyl carbamates (subject to hydrolysis) is 1. The molecule has 0 spiro atoms. The number of carboxylic acids is 3. The summed E-state index contributed by atoms with van der Waals surface area (Å²) in [4.78, 5) is 164. The first-order chi connectivity index (χ1) is 52.4. The number of likely N-dealkylation sites (N-methyl/N-ethyl adjacent to an activating group) is 3. The van der Waals surface area contributed by atoms with Crippen LogP contribution in [0.1, 0.15) is 86.2 Å². The Balaban J connectivity index is 0.00000177. The van der Waals surface area contributed by atoms with Crippen LogP contribution in [0.4, 0.5) is 4.79 Å². The molecule has 6 aromatic rings. The molecule has 3 aliphatic heterocycles. The fourth-order valence-electron chi connectivity index (χ4n) is 13.4. The van der Waals surface area contributed by atoms with Crippen molar-refractivity contribution in [2.75, 3.05) is 112 Å². The molecule has 5 aromatic carbocycles. The average Bonchev–Trinajstić information content (AvgIpc) is 1.62. The van der Waals surface area contributed by atoms with Crippen molar-refractivity contribution in [2.24, 2.45) is 5.92 Å². The number of hydrogen-bond donors (Lipinski definition) is 12. The molecule has 12 N–H and O–H groups in total. The molecule has 3 saturated heterocycles. The quantitative estimate of drug-likeness (QED) is 0.0270. The predicted octanol–water partition coefficient (Wildman–Crippen LogP) is 3.10. The molecule has 1 aromatic heterocycles. The summed E-state index contributed by atoms with van der Waals surface area (Å²) in [5, 5.41) is 51.3. The number of benzene rings is 5. The number of nitrogens with zero attached hydrogens (tertiary/aromatic N) is 5. The number of hydrogen-bond acceptors (Lipinski definition) is 18. The fourth-order valence-corrected chi connectivity index (χ4v) is 13.4. The van der Waals surface area contributed by atoms with Crippen molar-refractivity contribution in [3.63, 3.8) is 0 Å². The van der Waals surface area contributed by atoms with Gasteiger partial charge in [-0.25, -0.2) is 4.79 Å². The van der Waals surface area contributed by atoms with Crippen LogP contribution >= 0.6 is 0 Å². The van der Waals surface area contributed by atoms with Gasteiger partial charge in [0.15, 0.2) is 0 Å². The van der Waals surface area contributed by atoms with Crippen LogP contribution < -0.4 is 47.3 Å². The number of amides is 8. The van der Waals surface area contributed by atoms with E-state index in [9.17, 15) is 29.1 Å². The van der Waals surface area contributed by atoms with Crippen molar-refractivity contribution in [3.8, 4) is 5.75 Å². The first kappa shape index (κ1) is 87.7. The number of carboxylic acid groups (broad SMARTS) is 3. The zero-order valence-corrected chi connectivity index (χ0v) is 64.4. The standard InChI is InChI=1S/C74H93N13O14.C5H11NO2.Lu/c1-4-85(36-37-86(46-65(91)92)35-34-84(3)45-64(89)90)44-63(88)76-32-33-77-74(99)101-55-41-62-70(95)83-67(53-20-12-7-13-21-53)72(97)82-66(48(2)57-42-78-58-23-15-14-22-56(57)58)71(96)80-60(39-51-28-30-75-31-29-51)68(93)79-59(38-50-24-26-54(27-25-50)100-47-52-18-10-6-11-19-52)69(94)81-61(73(98)87(62)43-55)40-49-16-8-5-9-17-49;1-3-6(2)4-5(7)8;/h5-27,42,48,51,55,59-62,66-67,75,78H,4,28-41,43-47H2,1-3H3,(H,76,88)(H,77,99)(H,79,93)(H,80,96)(H,81,94)(H,82,97)(H,83,95)(H,89,90)(H,91,92);3-4H2,1-2H3,(H,7,8);/t48-,55+,59-,60-,61-,62-,66+,67+;;/m0../s1. The van der Waals surface area contributed by atoms with Crippen molar-refractivity contribution in [3.05, 3.63) is 174 Å². The Hall–Kier alpha value is -9.56. The number of para-hydroxylation sites is 1. The zero-order chi connectivity index (χ0) is 78.4. The van der Waals surface area contributed by atoms with E-state index < -0.39 is 108 Å². The van der Waals surface area contributed by atoms with Crippen LogP contribution in [0.15, 0.2) is 146 Å². The van der Waals surface area contributed by atoms with Crippen molar-refractivity contribution >= 4 is 76.3 Å². The van der Waals surface area contributed by atoms with Crippen LogP contribution in [0, 0.1) is 42.8 Å². The number of aromatic amines is 1. The van der Waals surface area contributed by atoms with Crippen molar-refractivity contribution in [2.45, 2.75) is 114 Å². The Labute approximate surface area is 670 Å². The Kier molecular flexibility index (Phi) is 35.8. The Bertz CT molecular complexity index is 3990. The Morgan fingerprint density at radius 3 is 1.78 bits per heavy atom. The smallest absolute Gasteiger partial charge is 0.407 e. The van der Waals surface area contributed by atoms with Crippen molar-refractivity contribution < 1.29 is 114 Å². The third-order valence-corrected chi connectivity index (χ3v) is 19.6. The van der Waals surface area contributed by atoms with Gasteiger partial charge in [0.2, 0.25) is 41.4 Å². The summed E-state index contributed by atoms with van der Waals surface area (Å²) in [5.74, 6) is -7.98. The molecule has 110 heavy (non-hydrogen) atoms. The van der Waals surface area contributed by atoms with Gasteiger partial charge in [0.1, 0.15) is 54.7 Å². The molecule has 0 bridgehead atoms. The SMILES string of the molecule is CCN(C)CC(=O)O.CCN(CCN(CCN(C)CC(=O)O)CC(=O)O)CC(=O)NCCNC(=O)O[C@@H]1C[C@H]2C(=O)N[C@H](c3ccccc3)C(=O)N[C@H]([C@@H](C)c3c[nH]c4ccccc34)C(=O)N[C@@H](CC3CCNCC3)C(=O)N[C@@H](Cc3ccc(OCc4ccccc4)cc3)C(=O)N[C@@H](Cc3ccccc3)C(=O)N2C1.[Lu]. The molecule has 30 nitrogen and oxygen atoms in total. The van der Waals surface area contributed by atoms with Crippen LogP contribution in [0.3, 0.4) is 0 Å². The van der Waals surface area contributed by atoms with E-state index >= 15 is 28.8 Å². The van der Waals surface area contributed by atoms with Gasteiger partial charge in [0.05, 0.1) is 32.7 Å². The van der Waals surface area contributed by atoms with Crippen molar-refractivity contribution in [1.82, 2.24) is 72.0 Å². The number of aromatic nitrogens is 1. The molecule has 601 valence electrons. The summed E-state index contributed by atoms with van der Waals surface area (Å²) in [7, 11) is 3.40. The van der Waals surface area contributed by atoms with Gasteiger partial charge in [-0.1, -0.05) is 142 Å². The summed E-state index contributed by atoms with van der Waals surface area (Å²) in [5.41, 5.74) is 3.96. The van der Waals surface area contributed by atoms with Crippen LogP contribution in [-0.4, -0.2) is 259 Å². The van der Waals surface area contributed by atoms with Gasteiger partial charge in [-0.2, -0.15) is 0 Å². The number of H-pyrrole nitrogens is 1. The predicted molar refractivity (Wildman–Crippen MR) is 407 cm³/mol. The topological polar surface area (TPSA) is 395 Å². The molecule has 1 radical (unpaired) electrons. The average molecular weight is 1680 g/mol. The molecule has 9 rings (SSSR count). The number of carbonyl (C=O) groups is 11. The third-order valence-electron chi connectivity index (χ3n) is 19.6. The Morgan fingerprint density at radius 1 is 0.573 bits per heavy atom. The maximum absolute atomic E-state index is 15.8. The van der Waals surface area contributed by atoms with E-state index in [-0.39, 0.29) is 133 Å². The van der Waals surface area contributed by atoms with Gasteiger partial charge < -0.3 is 77.2 Å². The Morgan fingerprint density at radius 2 is 1.14 bits per heavy atom. The molecule has 3 fully saturated rings. The summed E-state index contributed by atoms with van der Waals surface area (Å²) < 4.78 is 12.0. The molecular weight excluding hydrogens is 1580 g/mol. The molecule has 0 aliphatic carbocycles. The largest absolute Gasteiger partial charge is 0.489 e. The van der Waals surface area contributed by atoms with Gasteiger partial charge in [-0.15, -0.1) is 0 Å². The van der Waals surface area contributed by atoms with E-state index in [2.05, 4.69) is 47.5 Å². The summed E-state index contributed by atoms with van der Waals surface area (Å²) in [6, 6.07) is 33.1. The van der Waals surface area contributed by atoms with Gasteiger partial charge in [-0.05, 0) is 111 Å². The van der Waals surface area contributed by atoms with Crippen molar-refractivity contribution in [1.29, 1.82) is 0 Å². The van der Waals surface area contributed by atoms with E-state index in [1.165, 1.54) is 4.90 Å². The number of carbonyl (C=O) groups excluding carboxylic acids is 8. The molecule has 3 aliphatic rings. The first-order valence-corrected chi connectivity index (χ1v) is 37.1. The van der Waals surface area contributed by atoms with E-state index in [0.717, 1.165) is 23.0 Å². The van der Waals surface area contributed by atoms with Crippen LogP contribution in [0.2, 0.25) is 0 Å². The third kappa shape index (κ3) is 28.1. The van der Waals surface area contributed by atoms with E-state index in [1.54, 1.807) is 127 Å². The monoisotopic (exact) mass is 1680 g/mol. The number of piperidine rings is 1. The van der Waals surface area contributed by atoms with Gasteiger partial charge >= 0.3 is 24.0 Å². The van der Waals surface area contributed by atoms with E-state index in [0.29, 0.717) is 80.2 Å². The van der Waals surface area contributed by atoms with Gasteiger partial charge in [-0.3, -0.25) is 67.5 Å².